The van der Waals surface area contributed by atoms with E-state index in [-0.39, 0.29) is 17.7 Å². The van der Waals surface area contributed by atoms with Crippen molar-refractivity contribution in [2.75, 3.05) is 13.1 Å². The lowest BCUT2D eigenvalue weighted by atomic mass is 9.99. The zero-order valence-electron chi connectivity index (χ0n) is 12.8. The molecule has 1 aromatic carbocycles. The minimum absolute atomic E-state index is 0.103. The van der Waals surface area contributed by atoms with Crippen molar-refractivity contribution in [1.82, 2.24) is 4.90 Å². The molecule has 1 aliphatic heterocycles. The molecule has 1 aromatic rings. The van der Waals surface area contributed by atoms with E-state index in [4.69, 9.17) is 5.73 Å². The normalized spacial score (nSPS) is 19.7. The van der Waals surface area contributed by atoms with Crippen LogP contribution in [-0.4, -0.2) is 29.8 Å². The maximum absolute atomic E-state index is 12.5. The number of nitrogens with zero attached hydrogens (tertiary/aromatic N) is 1. The van der Waals surface area contributed by atoms with Crippen molar-refractivity contribution in [2.24, 2.45) is 17.6 Å². The van der Waals surface area contributed by atoms with E-state index in [0.717, 1.165) is 12.1 Å². The highest BCUT2D eigenvalue weighted by atomic mass is 19.4. The number of benzene rings is 1. The van der Waals surface area contributed by atoms with E-state index in [0.29, 0.717) is 31.5 Å². The van der Waals surface area contributed by atoms with Gasteiger partial charge in [-0.1, -0.05) is 19.1 Å². The summed E-state index contributed by atoms with van der Waals surface area (Å²) in [4.78, 5) is 25.1. The lowest BCUT2D eigenvalue weighted by Gasteiger charge is -2.21. The summed E-state index contributed by atoms with van der Waals surface area (Å²) in [6.45, 7) is 2.55. The molecular formula is C16H19F3N2O2. The third-order valence-corrected chi connectivity index (χ3v) is 4.15. The van der Waals surface area contributed by atoms with Gasteiger partial charge in [0, 0.05) is 19.0 Å². The topological polar surface area (TPSA) is 63.4 Å². The maximum Gasteiger partial charge on any atom is 0.416 e. The Bertz CT molecular complexity index is 584. The van der Waals surface area contributed by atoms with Crippen LogP contribution >= 0.6 is 0 Å². The molecule has 126 valence electrons. The van der Waals surface area contributed by atoms with Crippen molar-refractivity contribution in [1.29, 1.82) is 0 Å². The van der Waals surface area contributed by atoms with Crippen molar-refractivity contribution >= 4 is 11.8 Å². The van der Waals surface area contributed by atoms with Gasteiger partial charge in [0.25, 0.3) is 0 Å². The van der Waals surface area contributed by atoms with E-state index in [1.165, 1.54) is 12.1 Å². The van der Waals surface area contributed by atoms with Gasteiger partial charge in [0.2, 0.25) is 11.8 Å². The molecule has 4 nitrogen and oxygen atoms in total. The Balaban J connectivity index is 1.95. The molecule has 0 saturated carbocycles. The summed E-state index contributed by atoms with van der Waals surface area (Å²) >= 11 is 0. The highest BCUT2D eigenvalue weighted by molar-refractivity contribution is 5.82. The van der Waals surface area contributed by atoms with Gasteiger partial charge in [0.05, 0.1) is 11.5 Å². The Labute approximate surface area is 132 Å². The van der Waals surface area contributed by atoms with Crippen LogP contribution < -0.4 is 5.73 Å². The molecule has 0 bridgehead atoms. The van der Waals surface area contributed by atoms with Gasteiger partial charge in [-0.05, 0) is 30.5 Å². The first-order valence-corrected chi connectivity index (χ1v) is 7.42. The number of carbonyl (C=O) groups is 2. The smallest absolute Gasteiger partial charge is 0.369 e. The molecule has 1 fully saturated rings. The molecule has 2 rings (SSSR count). The molecule has 0 aromatic heterocycles. The van der Waals surface area contributed by atoms with Gasteiger partial charge in [-0.25, -0.2) is 0 Å². The van der Waals surface area contributed by atoms with E-state index < -0.39 is 17.6 Å². The van der Waals surface area contributed by atoms with Gasteiger partial charge < -0.3 is 10.6 Å². The van der Waals surface area contributed by atoms with E-state index in [9.17, 15) is 22.8 Å². The molecule has 2 N–H and O–H groups in total. The van der Waals surface area contributed by atoms with Crippen LogP contribution in [0.1, 0.15) is 24.5 Å². The van der Waals surface area contributed by atoms with Crippen LogP contribution in [0.15, 0.2) is 24.3 Å². The van der Waals surface area contributed by atoms with E-state index in [1.807, 2.05) is 0 Å². The van der Waals surface area contributed by atoms with Crippen molar-refractivity contribution in [2.45, 2.75) is 25.9 Å². The van der Waals surface area contributed by atoms with Gasteiger partial charge >= 0.3 is 6.18 Å². The molecule has 0 unspecified atom stereocenters. The first-order chi connectivity index (χ1) is 10.7. The van der Waals surface area contributed by atoms with Gasteiger partial charge in [0.15, 0.2) is 0 Å². The van der Waals surface area contributed by atoms with Crippen LogP contribution in [0, 0.1) is 11.8 Å². The Morgan fingerprint density at radius 1 is 1.30 bits per heavy atom. The zero-order valence-corrected chi connectivity index (χ0v) is 12.8. The summed E-state index contributed by atoms with van der Waals surface area (Å²) in [6.07, 6.45) is -3.44. The number of alkyl halides is 3. The fourth-order valence-corrected chi connectivity index (χ4v) is 2.78. The summed E-state index contributed by atoms with van der Waals surface area (Å²) in [7, 11) is 0. The predicted octanol–water partition coefficient (Wildman–Crippen LogP) is 2.22. The number of likely N-dealkylation sites (tertiary alicyclic amines) is 1. The summed E-state index contributed by atoms with van der Waals surface area (Å²) in [5, 5.41) is 0. The second-order valence-electron chi connectivity index (χ2n) is 5.97. The number of rotatable bonds is 4. The van der Waals surface area contributed by atoms with Gasteiger partial charge in [-0.15, -0.1) is 0 Å². The number of hydrogen-bond donors (Lipinski definition) is 1. The molecule has 1 heterocycles. The van der Waals surface area contributed by atoms with E-state index in [1.54, 1.807) is 11.8 Å². The van der Waals surface area contributed by atoms with E-state index in [2.05, 4.69) is 0 Å². The lowest BCUT2D eigenvalue weighted by Crippen LogP contribution is -2.35. The summed E-state index contributed by atoms with van der Waals surface area (Å²) in [6, 6.07) is 4.82. The van der Waals surface area contributed by atoms with Gasteiger partial charge in [-0.3, -0.25) is 9.59 Å². The molecule has 1 saturated heterocycles. The number of hydrogen-bond acceptors (Lipinski definition) is 2. The van der Waals surface area contributed by atoms with Crippen LogP contribution in [-0.2, 0) is 22.2 Å². The van der Waals surface area contributed by atoms with Crippen molar-refractivity contribution in [3.05, 3.63) is 35.4 Å². The van der Waals surface area contributed by atoms with Crippen molar-refractivity contribution in [3.8, 4) is 0 Å². The highest BCUT2D eigenvalue weighted by Gasteiger charge is 2.32. The second-order valence-corrected chi connectivity index (χ2v) is 5.97. The molecule has 1 aliphatic rings. The number of nitrogens with two attached hydrogens (primary N) is 1. The van der Waals surface area contributed by atoms with E-state index >= 15 is 0 Å². The quantitative estimate of drug-likeness (QED) is 0.921. The first kappa shape index (κ1) is 17.3. The second kappa shape index (κ2) is 6.60. The largest absolute Gasteiger partial charge is 0.416 e. The zero-order chi connectivity index (χ0) is 17.2. The molecule has 7 heteroatoms. The molecule has 0 radical (unpaired) electrons. The molecule has 2 amide bonds. The highest BCUT2D eigenvalue weighted by Crippen LogP contribution is 2.29. The van der Waals surface area contributed by atoms with Crippen LogP contribution in [0.5, 0.6) is 0 Å². The van der Waals surface area contributed by atoms with Crippen LogP contribution in [0.4, 0.5) is 13.2 Å². The average Bonchev–Trinajstić information content (AvgIpc) is 2.96. The maximum atomic E-state index is 12.5. The van der Waals surface area contributed by atoms with Crippen molar-refractivity contribution in [3.63, 3.8) is 0 Å². The third kappa shape index (κ3) is 4.24. The predicted molar refractivity (Wildman–Crippen MR) is 78.2 cm³/mol. The summed E-state index contributed by atoms with van der Waals surface area (Å²) in [5.74, 6) is -1.18. The Morgan fingerprint density at radius 3 is 2.39 bits per heavy atom. The summed E-state index contributed by atoms with van der Waals surface area (Å²) < 4.78 is 37.6. The first-order valence-electron chi connectivity index (χ1n) is 7.42. The molecule has 23 heavy (non-hydrogen) atoms. The van der Waals surface area contributed by atoms with Crippen molar-refractivity contribution < 1.29 is 22.8 Å². The molecule has 0 spiro atoms. The lowest BCUT2D eigenvalue weighted by molar-refractivity contribution is -0.138. The van der Waals surface area contributed by atoms with Gasteiger partial charge in [0.1, 0.15) is 0 Å². The Hall–Kier alpha value is -2.05. The Kier molecular flexibility index (Phi) is 4.97. The van der Waals surface area contributed by atoms with Crippen LogP contribution in [0.3, 0.4) is 0 Å². The standard InChI is InChI=1S/C16H19F3N2O2/c1-10(15(23)21-7-6-12(9-21)14(20)22)8-11-2-4-13(5-3-11)16(17,18)19/h2-5,10,12H,6-9H2,1H3,(H2,20,22)/t10-,12+/m0/s1. The number of carbonyl (C=O) groups excluding carboxylic acids is 2. The van der Waals surface area contributed by atoms with Gasteiger partial charge in [-0.2, -0.15) is 13.2 Å². The fraction of sp³-hybridized carbons (Fsp3) is 0.500. The third-order valence-electron chi connectivity index (χ3n) is 4.15. The minimum atomic E-state index is -4.36. The molecule has 2 atom stereocenters. The molecular weight excluding hydrogens is 309 g/mol. The van der Waals surface area contributed by atoms with Crippen LogP contribution in [0.2, 0.25) is 0 Å². The number of amides is 2. The average molecular weight is 328 g/mol. The monoisotopic (exact) mass is 328 g/mol. The fourth-order valence-electron chi connectivity index (χ4n) is 2.78. The number of primary amides is 1. The Morgan fingerprint density at radius 2 is 1.91 bits per heavy atom. The SMILES string of the molecule is C[C@@H](Cc1ccc(C(F)(F)F)cc1)C(=O)N1CC[C@@H](C(N)=O)C1. The number of halogens is 3. The minimum Gasteiger partial charge on any atom is -0.369 e. The van der Waals surface area contributed by atoms with Crippen LogP contribution in [0.25, 0.3) is 0 Å². The summed E-state index contributed by atoms with van der Waals surface area (Å²) in [5.41, 5.74) is 5.21. The molecule has 0 aliphatic carbocycles.